The Morgan fingerprint density at radius 1 is 1.33 bits per heavy atom. The first-order valence-corrected chi connectivity index (χ1v) is 6.09. The second-order valence-corrected chi connectivity index (χ2v) is 4.78. The maximum atomic E-state index is 12.3. The quantitative estimate of drug-likeness (QED) is 0.814. The van der Waals surface area contributed by atoms with Gasteiger partial charge in [0.15, 0.2) is 0 Å². The lowest BCUT2D eigenvalue weighted by atomic mass is 10.1. The molecule has 1 amide bonds. The van der Waals surface area contributed by atoms with Gasteiger partial charge < -0.3 is 15.4 Å². The van der Waals surface area contributed by atoms with Gasteiger partial charge in [-0.3, -0.25) is 4.79 Å². The van der Waals surface area contributed by atoms with Crippen LogP contribution in [0.5, 0.6) is 0 Å². The molecule has 0 spiro atoms. The van der Waals surface area contributed by atoms with Crippen LogP contribution in [0.25, 0.3) is 0 Å². The summed E-state index contributed by atoms with van der Waals surface area (Å²) >= 11 is 0. The highest BCUT2D eigenvalue weighted by molar-refractivity contribution is 5.84. The van der Waals surface area contributed by atoms with Gasteiger partial charge in [-0.15, -0.1) is 0 Å². The standard InChI is InChI=1S/C14H22N2O2/c1-5-16(13(17)14(2,3)18-4)10-11-6-8-12(15)9-7-11/h6-9H,5,10,15H2,1-4H3. The van der Waals surface area contributed by atoms with Crippen molar-refractivity contribution in [1.29, 1.82) is 0 Å². The number of likely N-dealkylation sites (N-methyl/N-ethyl adjacent to an activating group) is 1. The zero-order valence-electron chi connectivity index (χ0n) is 11.6. The van der Waals surface area contributed by atoms with Crippen molar-refractivity contribution in [1.82, 2.24) is 4.90 Å². The van der Waals surface area contributed by atoms with Crippen molar-refractivity contribution in [3.05, 3.63) is 29.8 Å². The number of rotatable bonds is 5. The molecule has 0 fully saturated rings. The zero-order chi connectivity index (χ0) is 13.8. The highest BCUT2D eigenvalue weighted by Gasteiger charge is 2.31. The lowest BCUT2D eigenvalue weighted by Crippen LogP contribution is -2.45. The molecule has 0 aromatic heterocycles. The number of methoxy groups -OCH3 is 1. The molecule has 0 radical (unpaired) electrons. The summed E-state index contributed by atoms with van der Waals surface area (Å²) in [7, 11) is 1.55. The smallest absolute Gasteiger partial charge is 0.254 e. The van der Waals surface area contributed by atoms with Crippen LogP contribution in [0.4, 0.5) is 5.69 Å². The van der Waals surface area contributed by atoms with Crippen molar-refractivity contribution < 1.29 is 9.53 Å². The Kier molecular flexibility index (Phi) is 4.73. The maximum Gasteiger partial charge on any atom is 0.254 e. The van der Waals surface area contributed by atoms with Gasteiger partial charge in [0, 0.05) is 25.9 Å². The van der Waals surface area contributed by atoms with Crippen LogP contribution >= 0.6 is 0 Å². The van der Waals surface area contributed by atoms with Gasteiger partial charge in [-0.1, -0.05) is 12.1 Å². The molecule has 0 bridgehead atoms. The van der Waals surface area contributed by atoms with E-state index in [1.54, 1.807) is 25.9 Å². The van der Waals surface area contributed by atoms with Gasteiger partial charge in [-0.05, 0) is 38.5 Å². The van der Waals surface area contributed by atoms with Gasteiger partial charge in [0.05, 0.1) is 0 Å². The second kappa shape index (κ2) is 5.87. The van der Waals surface area contributed by atoms with Crippen molar-refractivity contribution in [2.24, 2.45) is 0 Å². The summed E-state index contributed by atoms with van der Waals surface area (Å²) < 4.78 is 5.23. The molecule has 0 aliphatic heterocycles. The lowest BCUT2D eigenvalue weighted by Gasteiger charge is -2.30. The van der Waals surface area contributed by atoms with E-state index in [9.17, 15) is 4.79 Å². The molecule has 4 heteroatoms. The van der Waals surface area contributed by atoms with E-state index in [0.29, 0.717) is 13.1 Å². The third-order valence-corrected chi connectivity index (χ3v) is 3.05. The fraction of sp³-hybridized carbons (Fsp3) is 0.500. The summed E-state index contributed by atoms with van der Waals surface area (Å²) in [5.41, 5.74) is 6.64. The van der Waals surface area contributed by atoms with Gasteiger partial charge in [0.2, 0.25) is 0 Å². The van der Waals surface area contributed by atoms with E-state index in [1.165, 1.54) is 0 Å². The van der Waals surface area contributed by atoms with Crippen LogP contribution in [0.15, 0.2) is 24.3 Å². The van der Waals surface area contributed by atoms with E-state index in [1.807, 2.05) is 31.2 Å². The van der Waals surface area contributed by atoms with Crippen molar-refractivity contribution in [2.45, 2.75) is 32.9 Å². The molecule has 0 aliphatic rings. The number of hydrogen-bond acceptors (Lipinski definition) is 3. The first-order valence-electron chi connectivity index (χ1n) is 6.09. The van der Waals surface area contributed by atoms with Gasteiger partial charge in [0.25, 0.3) is 5.91 Å². The Morgan fingerprint density at radius 3 is 2.33 bits per heavy atom. The number of ether oxygens (including phenoxy) is 1. The van der Waals surface area contributed by atoms with E-state index in [4.69, 9.17) is 10.5 Å². The molecule has 1 aromatic rings. The minimum atomic E-state index is -0.788. The molecule has 1 aromatic carbocycles. The minimum absolute atomic E-state index is 0.00988. The van der Waals surface area contributed by atoms with Gasteiger partial charge in [-0.2, -0.15) is 0 Å². The van der Waals surface area contributed by atoms with Crippen LogP contribution in [0.3, 0.4) is 0 Å². The van der Waals surface area contributed by atoms with Gasteiger partial charge in [-0.25, -0.2) is 0 Å². The summed E-state index contributed by atoms with van der Waals surface area (Å²) in [6.07, 6.45) is 0. The van der Waals surface area contributed by atoms with Crippen molar-refractivity contribution >= 4 is 11.6 Å². The first-order chi connectivity index (χ1) is 8.40. The van der Waals surface area contributed by atoms with E-state index in [2.05, 4.69) is 0 Å². The van der Waals surface area contributed by atoms with Crippen LogP contribution in [0, 0.1) is 0 Å². The number of carbonyl (C=O) groups excluding carboxylic acids is 1. The van der Waals surface area contributed by atoms with E-state index in [0.717, 1.165) is 11.3 Å². The Hall–Kier alpha value is -1.55. The number of benzene rings is 1. The molecule has 1 rings (SSSR count). The molecule has 0 aliphatic carbocycles. The normalized spacial score (nSPS) is 11.3. The topological polar surface area (TPSA) is 55.6 Å². The Labute approximate surface area is 109 Å². The SMILES string of the molecule is CCN(Cc1ccc(N)cc1)C(=O)C(C)(C)OC. The summed E-state index contributed by atoms with van der Waals surface area (Å²) in [6.45, 7) is 6.74. The molecule has 0 atom stereocenters. The van der Waals surface area contributed by atoms with E-state index < -0.39 is 5.60 Å². The number of anilines is 1. The van der Waals surface area contributed by atoms with Crippen molar-refractivity contribution in [3.8, 4) is 0 Å². The lowest BCUT2D eigenvalue weighted by molar-refractivity contribution is -0.151. The third kappa shape index (κ3) is 3.47. The number of nitrogen functional groups attached to an aromatic ring is 1. The monoisotopic (exact) mass is 250 g/mol. The molecule has 18 heavy (non-hydrogen) atoms. The van der Waals surface area contributed by atoms with Gasteiger partial charge in [0.1, 0.15) is 5.60 Å². The number of carbonyl (C=O) groups is 1. The van der Waals surface area contributed by atoms with Crippen LogP contribution in [-0.2, 0) is 16.1 Å². The largest absolute Gasteiger partial charge is 0.399 e. The van der Waals surface area contributed by atoms with Crippen LogP contribution in [0.2, 0.25) is 0 Å². The van der Waals surface area contributed by atoms with E-state index >= 15 is 0 Å². The molecular weight excluding hydrogens is 228 g/mol. The molecule has 0 saturated carbocycles. The van der Waals surface area contributed by atoms with Crippen LogP contribution in [0.1, 0.15) is 26.3 Å². The minimum Gasteiger partial charge on any atom is -0.399 e. The summed E-state index contributed by atoms with van der Waals surface area (Å²) in [5.74, 6) is -0.00988. The Morgan fingerprint density at radius 2 is 1.89 bits per heavy atom. The highest BCUT2D eigenvalue weighted by Crippen LogP contribution is 2.15. The molecule has 2 N–H and O–H groups in total. The summed E-state index contributed by atoms with van der Waals surface area (Å²) in [5, 5.41) is 0. The molecule has 0 heterocycles. The predicted molar refractivity (Wildman–Crippen MR) is 73.0 cm³/mol. The second-order valence-electron chi connectivity index (χ2n) is 4.78. The first kappa shape index (κ1) is 14.5. The summed E-state index contributed by atoms with van der Waals surface area (Å²) in [6, 6.07) is 7.56. The molecule has 100 valence electrons. The predicted octanol–water partition coefficient (Wildman–Crippen LogP) is 2.04. The number of nitrogens with two attached hydrogens (primary N) is 1. The number of nitrogens with zero attached hydrogens (tertiary/aromatic N) is 1. The van der Waals surface area contributed by atoms with E-state index in [-0.39, 0.29) is 5.91 Å². The zero-order valence-corrected chi connectivity index (χ0v) is 11.6. The number of hydrogen-bond donors (Lipinski definition) is 1. The Bertz CT molecular complexity index is 399. The molecular formula is C14H22N2O2. The fourth-order valence-electron chi connectivity index (χ4n) is 1.64. The van der Waals surface area contributed by atoms with Crippen molar-refractivity contribution in [2.75, 3.05) is 19.4 Å². The van der Waals surface area contributed by atoms with Crippen molar-refractivity contribution in [3.63, 3.8) is 0 Å². The highest BCUT2D eigenvalue weighted by atomic mass is 16.5. The fourth-order valence-corrected chi connectivity index (χ4v) is 1.64. The van der Waals surface area contributed by atoms with Crippen LogP contribution < -0.4 is 5.73 Å². The molecule has 0 unspecified atom stereocenters. The average molecular weight is 250 g/mol. The van der Waals surface area contributed by atoms with Crippen LogP contribution in [-0.4, -0.2) is 30.1 Å². The Balaban J connectivity index is 2.79. The molecule has 0 saturated heterocycles. The number of amides is 1. The maximum absolute atomic E-state index is 12.3. The average Bonchev–Trinajstić information content (AvgIpc) is 2.37. The molecule has 4 nitrogen and oxygen atoms in total. The third-order valence-electron chi connectivity index (χ3n) is 3.05. The summed E-state index contributed by atoms with van der Waals surface area (Å²) in [4.78, 5) is 14.0. The van der Waals surface area contributed by atoms with Gasteiger partial charge >= 0.3 is 0 Å².